The second-order valence-corrected chi connectivity index (χ2v) is 10.6. The van der Waals surface area contributed by atoms with Crippen molar-refractivity contribution in [2.45, 2.75) is 58.8 Å². The number of nitrogens with zero attached hydrogens (tertiary/aromatic N) is 3. The molecule has 1 aliphatic rings. The number of hydrogen-bond acceptors (Lipinski definition) is 5. The van der Waals surface area contributed by atoms with Gasteiger partial charge in [-0.05, 0) is 83.0 Å². The van der Waals surface area contributed by atoms with Crippen molar-refractivity contribution in [1.82, 2.24) is 4.90 Å². The van der Waals surface area contributed by atoms with Gasteiger partial charge in [0.25, 0.3) is 5.91 Å². The summed E-state index contributed by atoms with van der Waals surface area (Å²) in [5.41, 5.74) is 1.19. The maximum Gasteiger partial charge on any atom is 0.410 e. The van der Waals surface area contributed by atoms with E-state index >= 15 is 4.39 Å². The second-order valence-electron chi connectivity index (χ2n) is 10.6. The molecule has 0 spiro atoms. The van der Waals surface area contributed by atoms with E-state index in [9.17, 15) is 9.59 Å². The molecule has 1 fully saturated rings. The van der Waals surface area contributed by atoms with Gasteiger partial charge in [0, 0.05) is 38.9 Å². The van der Waals surface area contributed by atoms with Crippen molar-refractivity contribution in [3.63, 3.8) is 0 Å². The fourth-order valence-corrected chi connectivity index (χ4v) is 4.06. The van der Waals surface area contributed by atoms with Crippen LogP contribution in [0.4, 0.5) is 20.6 Å². The molecular formula is C29H38FN3O4. The van der Waals surface area contributed by atoms with Crippen LogP contribution in [-0.2, 0) is 9.53 Å². The summed E-state index contributed by atoms with van der Waals surface area (Å²) in [7, 11) is 3.33. The molecule has 1 atom stereocenters. The largest absolute Gasteiger partial charge is 0.491 e. The summed E-state index contributed by atoms with van der Waals surface area (Å²) in [6, 6.07) is 12.2. The maximum absolute atomic E-state index is 15.1. The molecule has 0 aliphatic carbocycles. The van der Waals surface area contributed by atoms with Crippen LogP contribution >= 0.6 is 0 Å². The van der Waals surface area contributed by atoms with Crippen LogP contribution in [0.2, 0.25) is 0 Å². The molecule has 1 aliphatic heterocycles. The SMILES string of the molecule is CC(C)Oc1ccc(/C=C/C(=O)N(C)c2ccc(N3CCC(N(C)C(=O)OC(C)(C)C)C3)c(F)c2)cc1. The minimum atomic E-state index is -0.572. The van der Waals surface area contributed by atoms with Gasteiger partial charge in [-0.3, -0.25) is 4.79 Å². The normalized spacial score (nSPS) is 15.8. The highest BCUT2D eigenvalue weighted by Crippen LogP contribution is 2.29. The lowest BCUT2D eigenvalue weighted by Crippen LogP contribution is -2.42. The quantitative estimate of drug-likeness (QED) is 0.444. The monoisotopic (exact) mass is 511 g/mol. The molecule has 37 heavy (non-hydrogen) atoms. The highest BCUT2D eigenvalue weighted by Gasteiger charge is 2.32. The molecule has 1 saturated heterocycles. The molecule has 0 N–H and O–H groups in total. The zero-order chi connectivity index (χ0) is 27.3. The molecule has 2 amide bonds. The van der Waals surface area contributed by atoms with Crippen molar-refractivity contribution in [2.24, 2.45) is 0 Å². The number of halogens is 1. The van der Waals surface area contributed by atoms with Gasteiger partial charge in [-0.2, -0.15) is 0 Å². The minimum Gasteiger partial charge on any atom is -0.491 e. The van der Waals surface area contributed by atoms with Gasteiger partial charge in [-0.25, -0.2) is 9.18 Å². The van der Waals surface area contributed by atoms with E-state index in [0.29, 0.717) is 30.9 Å². The van der Waals surface area contributed by atoms with Crippen LogP contribution in [0.15, 0.2) is 48.5 Å². The van der Waals surface area contributed by atoms with E-state index in [1.54, 1.807) is 37.2 Å². The van der Waals surface area contributed by atoms with Gasteiger partial charge in [-0.1, -0.05) is 12.1 Å². The first kappa shape index (κ1) is 28.0. The zero-order valence-corrected chi connectivity index (χ0v) is 22.8. The average Bonchev–Trinajstić information content (AvgIpc) is 3.30. The fraction of sp³-hybridized carbons (Fsp3) is 0.448. The Hall–Kier alpha value is -3.55. The number of likely N-dealkylation sites (N-methyl/N-ethyl adjacent to an activating group) is 2. The summed E-state index contributed by atoms with van der Waals surface area (Å²) in [5, 5.41) is 0. The number of anilines is 2. The number of carbonyl (C=O) groups is 2. The van der Waals surface area contributed by atoms with E-state index in [1.807, 2.05) is 63.8 Å². The van der Waals surface area contributed by atoms with Crippen LogP contribution in [0.25, 0.3) is 6.08 Å². The van der Waals surface area contributed by atoms with Crippen molar-refractivity contribution >= 4 is 29.5 Å². The van der Waals surface area contributed by atoms with Crippen molar-refractivity contribution in [2.75, 3.05) is 37.0 Å². The first-order valence-electron chi connectivity index (χ1n) is 12.6. The number of carbonyl (C=O) groups excluding carboxylic acids is 2. The number of amides is 2. The lowest BCUT2D eigenvalue weighted by molar-refractivity contribution is -0.113. The van der Waals surface area contributed by atoms with Gasteiger partial charge >= 0.3 is 6.09 Å². The summed E-state index contributed by atoms with van der Waals surface area (Å²) >= 11 is 0. The van der Waals surface area contributed by atoms with Crippen LogP contribution in [-0.4, -0.2) is 61.8 Å². The van der Waals surface area contributed by atoms with E-state index in [2.05, 4.69) is 0 Å². The van der Waals surface area contributed by atoms with Crippen LogP contribution in [0.5, 0.6) is 5.75 Å². The molecule has 0 bridgehead atoms. The summed E-state index contributed by atoms with van der Waals surface area (Å²) < 4.78 is 26.2. The van der Waals surface area contributed by atoms with Gasteiger partial charge in [0.2, 0.25) is 0 Å². The smallest absolute Gasteiger partial charge is 0.410 e. The number of benzene rings is 2. The van der Waals surface area contributed by atoms with Crippen LogP contribution in [0.1, 0.15) is 46.6 Å². The summed E-state index contributed by atoms with van der Waals surface area (Å²) in [6.07, 6.45) is 3.60. The standard InChI is InChI=1S/C29H38FN3O4/c1-20(2)36-24-12-8-21(9-13-24)10-15-27(34)31(6)22-11-14-26(25(30)18-22)33-17-16-23(19-33)32(7)28(35)37-29(3,4)5/h8-15,18,20,23H,16-17,19H2,1-7H3/b15-10+. The van der Waals surface area contributed by atoms with Gasteiger partial charge < -0.3 is 24.2 Å². The van der Waals surface area contributed by atoms with E-state index < -0.39 is 11.4 Å². The second kappa shape index (κ2) is 11.7. The van der Waals surface area contributed by atoms with Crippen molar-refractivity contribution < 1.29 is 23.5 Å². The molecule has 0 saturated carbocycles. The fourth-order valence-electron chi connectivity index (χ4n) is 4.06. The van der Waals surface area contributed by atoms with E-state index in [4.69, 9.17) is 9.47 Å². The predicted octanol–water partition coefficient (Wildman–Crippen LogP) is 5.73. The van der Waals surface area contributed by atoms with Gasteiger partial charge in [0.1, 0.15) is 17.2 Å². The molecule has 8 heteroatoms. The lowest BCUT2D eigenvalue weighted by atomic mass is 10.2. The van der Waals surface area contributed by atoms with Crippen LogP contribution < -0.4 is 14.5 Å². The Morgan fingerprint density at radius 3 is 2.38 bits per heavy atom. The lowest BCUT2D eigenvalue weighted by Gasteiger charge is -2.29. The van der Waals surface area contributed by atoms with E-state index in [1.165, 1.54) is 17.0 Å². The molecule has 0 radical (unpaired) electrons. The van der Waals surface area contributed by atoms with Gasteiger partial charge in [-0.15, -0.1) is 0 Å². The summed E-state index contributed by atoms with van der Waals surface area (Å²) in [4.78, 5) is 30.0. The molecular weight excluding hydrogens is 473 g/mol. The Morgan fingerprint density at radius 2 is 1.78 bits per heavy atom. The third-order valence-electron chi connectivity index (χ3n) is 6.05. The third kappa shape index (κ3) is 7.71. The molecule has 7 nitrogen and oxygen atoms in total. The topological polar surface area (TPSA) is 62.3 Å². The highest BCUT2D eigenvalue weighted by atomic mass is 19.1. The molecule has 0 aromatic heterocycles. The zero-order valence-electron chi connectivity index (χ0n) is 22.8. The Bertz CT molecular complexity index is 1120. The Labute approximate surface area is 219 Å². The Kier molecular flexibility index (Phi) is 8.84. The van der Waals surface area contributed by atoms with Crippen LogP contribution in [0.3, 0.4) is 0 Å². The number of hydrogen-bond donors (Lipinski definition) is 0. The summed E-state index contributed by atoms with van der Waals surface area (Å²) in [5.74, 6) is 0.0873. The first-order chi connectivity index (χ1) is 17.3. The van der Waals surface area contributed by atoms with Crippen molar-refractivity contribution in [3.8, 4) is 5.75 Å². The molecule has 2 aromatic rings. The number of rotatable bonds is 7. The Morgan fingerprint density at radius 1 is 1.11 bits per heavy atom. The predicted molar refractivity (Wildman–Crippen MR) is 146 cm³/mol. The maximum atomic E-state index is 15.1. The first-order valence-corrected chi connectivity index (χ1v) is 12.6. The minimum absolute atomic E-state index is 0.0747. The average molecular weight is 512 g/mol. The molecule has 1 unspecified atom stereocenters. The van der Waals surface area contributed by atoms with Crippen molar-refractivity contribution in [3.05, 3.63) is 59.9 Å². The van der Waals surface area contributed by atoms with E-state index in [-0.39, 0.29) is 24.1 Å². The molecule has 1 heterocycles. The highest BCUT2D eigenvalue weighted by molar-refractivity contribution is 6.03. The van der Waals surface area contributed by atoms with Gasteiger partial charge in [0.15, 0.2) is 0 Å². The Balaban J connectivity index is 1.61. The summed E-state index contributed by atoms with van der Waals surface area (Å²) in [6.45, 7) is 10.5. The van der Waals surface area contributed by atoms with Crippen LogP contribution in [0, 0.1) is 5.82 Å². The number of ether oxygens (including phenoxy) is 2. The third-order valence-corrected chi connectivity index (χ3v) is 6.05. The molecule has 2 aromatic carbocycles. The van der Waals surface area contributed by atoms with E-state index in [0.717, 1.165) is 11.3 Å². The van der Waals surface area contributed by atoms with Gasteiger partial charge in [0.05, 0.1) is 17.8 Å². The van der Waals surface area contributed by atoms with Crippen molar-refractivity contribution in [1.29, 1.82) is 0 Å². The molecule has 3 rings (SSSR count). The molecule has 200 valence electrons.